The van der Waals surface area contributed by atoms with Crippen LogP contribution in [0, 0.1) is 11.3 Å². The van der Waals surface area contributed by atoms with E-state index in [0.717, 1.165) is 56.3 Å². The van der Waals surface area contributed by atoms with Crippen molar-refractivity contribution in [2.75, 3.05) is 34.4 Å². The van der Waals surface area contributed by atoms with Crippen molar-refractivity contribution in [2.24, 2.45) is 11.3 Å². The van der Waals surface area contributed by atoms with E-state index in [1.807, 2.05) is 0 Å². The summed E-state index contributed by atoms with van der Waals surface area (Å²) in [6.07, 6.45) is 11.8. The predicted molar refractivity (Wildman–Crippen MR) is 128 cm³/mol. The third kappa shape index (κ3) is 3.30. The Labute approximate surface area is 198 Å². The van der Waals surface area contributed by atoms with Gasteiger partial charge < -0.3 is 23.8 Å². The fourth-order valence-electron chi connectivity index (χ4n) is 8.14. The van der Waals surface area contributed by atoms with Gasteiger partial charge in [-0.25, -0.2) is 0 Å². The molecule has 0 amide bonds. The Hall–Kier alpha value is -1.56. The second-order valence-electron chi connectivity index (χ2n) is 11.6. The molecule has 5 nitrogen and oxygen atoms in total. The van der Waals surface area contributed by atoms with E-state index in [1.165, 1.54) is 31.2 Å². The Bertz CT molecular complexity index is 961. The number of fused-ring (bicyclic) bond motifs is 3. The third-order valence-corrected chi connectivity index (χ3v) is 9.78. The van der Waals surface area contributed by atoms with Gasteiger partial charge in [0.1, 0.15) is 0 Å². The van der Waals surface area contributed by atoms with E-state index >= 15 is 0 Å². The number of likely N-dealkylation sites (N-methyl/N-ethyl adjacent to an activating group) is 1. The number of nitrogens with zero attached hydrogens (tertiary/aromatic N) is 1. The van der Waals surface area contributed by atoms with Crippen LogP contribution in [0.3, 0.4) is 0 Å². The smallest absolute Gasteiger partial charge is 0.170 e. The lowest BCUT2D eigenvalue weighted by Crippen LogP contribution is -2.53. The van der Waals surface area contributed by atoms with Crippen LogP contribution in [0.4, 0.5) is 0 Å². The van der Waals surface area contributed by atoms with Crippen molar-refractivity contribution in [3.05, 3.63) is 35.4 Å². The molecule has 1 aromatic carbocycles. The van der Waals surface area contributed by atoms with Gasteiger partial charge in [-0.2, -0.15) is 0 Å². The number of ether oxygens (including phenoxy) is 4. The standard InChI is InChI=1S/C28H39NO4/c1-19-13-20-7-8-26(15-19,16-20)25-18-32-28(33-25)10-9-27(11-12-29(2)24(27)17-28)21-5-6-22(30-3)23(14-21)31-4/h5-7,14,19,24-25H,8-13,15-18H2,1-4H3/t19?,24-,25?,26?,27-,28?/m0/s1. The number of likely N-dealkylation sites (tertiary alicyclic amines) is 1. The Morgan fingerprint density at radius 2 is 1.91 bits per heavy atom. The molecule has 3 aliphatic carbocycles. The van der Waals surface area contributed by atoms with E-state index in [1.54, 1.807) is 19.8 Å². The second-order valence-corrected chi connectivity index (χ2v) is 11.6. The van der Waals surface area contributed by atoms with Crippen LogP contribution in [0.15, 0.2) is 29.8 Å². The summed E-state index contributed by atoms with van der Waals surface area (Å²) in [6, 6.07) is 6.92. The zero-order valence-electron chi connectivity index (χ0n) is 20.7. The molecule has 0 radical (unpaired) electrons. The van der Waals surface area contributed by atoms with Crippen LogP contribution in [0.5, 0.6) is 11.5 Å². The van der Waals surface area contributed by atoms with E-state index in [0.29, 0.717) is 6.04 Å². The number of hydrogen-bond donors (Lipinski definition) is 0. The normalized spacial score (nSPS) is 42.4. The summed E-state index contributed by atoms with van der Waals surface area (Å²) < 4.78 is 24.8. The van der Waals surface area contributed by atoms with Crippen molar-refractivity contribution in [1.29, 1.82) is 0 Å². The molecule has 0 aromatic heterocycles. The Morgan fingerprint density at radius 1 is 1.06 bits per heavy atom. The molecule has 2 saturated heterocycles. The lowest BCUT2D eigenvalue weighted by Gasteiger charge is -2.48. The summed E-state index contributed by atoms with van der Waals surface area (Å²) in [6.45, 7) is 4.27. The predicted octanol–water partition coefficient (Wildman–Crippen LogP) is 5.08. The van der Waals surface area contributed by atoms with E-state index in [-0.39, 0.29) is 16.9 Å². The minimum atomic E-state index is -0.424. The van der Waals surface area contributed by atoms with E-state index in [9.17, 15) is 0 Å². The highest BCUT2D eigenvalue weighted by molar-refractivity contribution is 5.46. The number of hydrogen-bond acceptors (Lipinski definition) is 5. The largest absolute Gasteiger partial charge is 0.493 e. The van der Waals surface area contributed by atoms with E-state index in [4.69, 9.17) is 18.9 Å². The average molecular weight is 454 g/mol. The zero-order valence-corrected chi connectivity index (χ0v) is 20.7. The molecule has 2 heterocycles. The van der Waals surface area contributed by atoms with Gasteiger partial charge in [-0.1, -0.05) is 24.6 Å². The Kier molecular flexibility index (Phi) is 5.14. The molecule has 180 valence electrons. The summed E-state index contributed by atoms with van der Waals surface area (Å²) in [5.41, 5.74) is 3.41. The second kappa shape index (κ2) is 7.73. The first-order valence-corrected chi connectivity index (χ1v) is 12.8. The first-order chi connectivity index (χ1) is 15.9. The first kappa shape index (κ1) is 21.9. The van der Waals surface area contributed by atoms with Gasteiger partial charge in [0.15, 0.2) is 17.3 Å². The van der Waals surface area contributed by atoms with Crippen LogP contribution < -0.4 is 9.47 Å². The Morgan fingerprint density at radius 3 is 2.73 bits per heavy atom. The highest BCUT2D eigenvalue weighted by Gasteiger charge is 2.60. The highest BCUT2D eigenvalue weighted by Crippen LogP contribution is 2.59. The molecule has 0 N–H and O–H groups in total. The topological polar surface area (TPSA) is 40.2 Å². The maximum atomic E-state index is 6.99. The van der Waals surface area contributed by atoms with Crippen LogP contribution in [0.1, 0.15) is 63.9 Å². The van der Waals surface area contributed by atoms with Crippen LogP contribution >= 0.6 is 0 Å². The first-order valence-electron chi connectivity index (χ1n) is 12.8. The van der Waals surface area contributed by atoms with Crippen LogP contribution in [0.2, 0.25) is 0 Å². The SMILES string of the molecule is COc1ccc([C@]23CCN(C)[C@H]2CC2(CC3)OCC(C34CC=C(CC(C)C3)C4)O2)cc1OC. The molecule has 4 fully saturated rings. The molecule has 4 unspecified atom stereocenters. The van der Waals surface area contributed by atoms with Crippen molar-refractivity contribution in [3.63, 3.8) is 0 Å². The summed E-state index contributed by atoms with van der Waals surface area (Å²) in [7, 11) is 5.70. The highest BCUT2D eigenvalue weighted by atomic mass is 16.7. The molecule has 2 saturated carbocycles. The summed E-state index contributed by atoms with van der Waals surface area (Å²) in [5.74, 6) is 1.95. The van der Waals surface area contributed by atoms with Gasteiger partial charge >= 0.3 is 0 Å². The molecular weight excluding hydrogens is 414 g/mol. The van der Waals surface area contributed by atoms with Gasteiger partial charge in [-0.05, 0) is 75.7 Å². The molecule has 6 atom stereocenters. The molecule has 1 aromatic rings. The molecule has 33 heavy (non-hydrogen) atoms. The van der Waals surface area contributed by atoms with Gasteiger partial charge in [-0.3, -0.25) is 0 Å². The quantitative estimate of drug-likeness (QED) is 0.595. The lowest BCUT2D eigenvalue weighted by atomic mass is 9.64. The fourth-order valence-corrected chi connectivity index (χ4v) is 8.14. The molecule has 5 heteroatoms. The number of methoxy groups -OCH3 is 2. The maximum Gasteiger partial charge on any atom is 0.170 e. The van der Waals surface area contributed by atoms with E-state index in [2.05, 4.69) is 43.1 Å². The number of rotatable bonds is 4. The maximum absolute atomic E-state index is 6.99. The molecule has 2 aliphatic heterocycles. The van der Waals surface area contributed by atoms with Crippen LogP contribution in [0.25, 0.3) is 0 Å². The van der Waals surface area contributed by atoms with Crippen LogP contribution in [-0.2, 0) is 14.9 Å². The molecular formula is C28H39NO4. The molecule has 5 aliphatic rings. The zero-order chi connectivity index (χ0) is 22.8. The van der Waals surface area contributed by atoms with Crippen molar-refractivity contribution in [1.82, 2.24) is 4.90 Å². The fraction of sp³-hybridized carbons (Fsp3) is 0.714. The summed E-state index contributed by atoms with van der Waals surface area (Å²) in [5, 5.41) is 0. The Balaban J connectivity index is 1.25. The van der Waals surface area contributed by atoms with Gasteiger partial charge in [0.25, 0.3) is 0 Å². The molecule has 1 spiro atoms. The minimum Gasteiger partial charge on any atom is -0.493 e. The third-order valence-electron chi connectivity index (χ3n) is 9.78. The lowest BCUT2D eigenvalue weighted by molar-refractivity contribution is -0.214. The van der Waals surface area contributed by atoms with Crippen LogP contribution in [-0.4, -0.2) is 57.3 Å². The van der Waals surface area contributed by atoms with Gasteiger partial charge in [0.05, 0.1) is 26.9 Å². The van der Waals surface area contributed by atoms with E-state index < -0.39 is 5.79 Å². The van der Waals surface area contributed by atoms with Crippen molar-refractivity contribution in [3.8, 4) is 11.5 Å². The summed E-state index contributed by atoms with van der Waals surface area (Å²) >= 11 is 0. The molecule has 6 rings (SSSR count). The number of allylic oxidation sites excluding steroid dienone is 2. The molecule has 2 bridgehead atoms. The van der Waals surface area contributed by atoms with Crippen molar-refractivity contribution in [2.45, 2.75) is 81.6 Å². The average Bonchev–Trinajstić information content (AvgIpc) is 3.49. The van der Waals surface area contributed by atoms with Crippen molar-refractivity contribution < 1.29 is 18.9 Å². The number of benzene rings is 1. The van der Waals surface area contributed by atoms with Gasteiger partial charge in [0.2, 0.25) is 0 Å². The van der Waals surface area contributed by atoms with Crippen molar-refractivity contribution >= 4 is 0 Å². The van der Waals surface area contributed by atoms with Gasteiger partial charge in [0, 0.05) is 29.7 Å². The minimum absolute atomic E-state index is 0.115. The van der Waals surface area contributed by atoms with Gasteiger partial charge in [-0.15, -0.1) is 0 Å². The monoisotopic (exact) mass is 453 g/mol. The summed E-state index contributed by atoms with van der Waals surface area (Å²) in [4.78, 5) is 2.54.